The molecule has 0 aromatic heterocycles. The zero-order chi connectivity index (χ0) is 17.7. The quantitative estimate of drug-likeness (QED) is 0.618. The normalized spacial score (nSPS) is 23.7. The van der Waals surface area contributed by atoms with E-state index in [2.05, 4.69) is 21.7 Å². The van der Waals surface area contributed by atoms with E-state index >= 15 is 0 Å². The van der Waals surface area contributed by atoms with E-state index in [0.717, 1.165) is 19.6 Å². The first-order valence-electron chi connectivity index (χ1n) is 9.03. The molecule has 7 heteroatoms. The summed E-state index contributed by atoms with van der Waals surface area (Å²) >= 11 is 0. The number of hydrogen-bond donors (Lipinski definition) is 1. The molecule has 1 amide bonds. The van der Waals surface area contributed by atoms with E-state index < -0.39 is 5.60 Å². The molecule has 7 nitrogen and oxygen atoms in total. The number of carbonyl (C=O) groups excluding carboxylic acids is 1. The molecule has 2 aliphatic heterocycles. The molecule has 0 aliphatic carbocycles. The highest BCUT2D eigenvalue weighted by molar-refractivity contribution is 5.78. The van der Waals surface area contributed by atoms with Crippen molar-refractivity contribution in [3.05, 3.63) is 0 Å². The Hall–Kier alpha value is -1.50. The van der Waals surface area contributed by atoms with E-state index in [1.54, 1.807) is 4.90 Å². The maximum Gasteiger partial charge on any atom is 0.410 e. The van der Waals surface area contributed by atoms with Crippen LogP contribution in [0.1, 0.15) is 34.1 Å². The maximum absolute atomic E-state index is 12.1. The summed E-state index contributed by atoms with van der Waals surface area (Å²) in [6, 6.07) is 0. The first-order valence-corrected chi connectivity index (χ1v) is 9.03. The lowest BCUT2D eigenvalue weighted by molar-refractivity contribution is 0.0186. The summed E-state index contributed by atoms with van der Waals surface area (Å²) in [6.07, 6.45) is 0.958. The summed E-state index contributed by atoms with van der Waals surface area (Å²) in [5, 5.41) is 0. The second-order valence-corrected chi connectivity index (χ2v) is 7.70. The van der Waals surface area contributed by atoms with Gasteiger partial charge in [-0.1, -0.05) is 6.92 Å². The summed E-state index contributed by atoms with van der Waals surface area (Å²) in [6.45, 7) is 14.7. The van der Waals surface area contributed by atoms with Gasteiger partial charge in [0.05, 0.1) is 0 Å². The van der Waals surface area contributed by atoms with Gasteiger partial charge >= 0.3 is 6.09 Å². The first kappa shape index (κ1) is 18.8. The van der Waals surface area contributed by atoms with Crippen molar-refractivity contribution in [3.63, 3.8) is 0 Å². The number of ether oxygens (including phenoxy) is 1. The average molecular weight is 339 g/mol. The highest BCUT2D eigenvalue weighted by Gasteiger charge is 2.27. The maximum atomic E-state index is 12.1. The monoisotopic (exact) mass is 339 g/mol. The van der Waals surface area contributed by atoms with E-state index in [-0.39, 0.29) is 6.09 Å². The van der Waals surface area contributed by atoms with Crippen molar-refractivity contribution in [1.29, 1.82) is 0 Å². The lowest BCUT2D eigenvalue weighted by atomic mass is 10.1. The van der Waals surface area contributed by atoms with Gasteiger partial charge in [0.2, 0.25) is 0 Å². The Bertz CT molecular complexity index is 452. The minimum absolute atomic E-state index is 0.247. The van der Waals surface area contributed by atoms with Crippen molar-refractivity contribution >= 4 is 12.1 Å². The highest BCUT2D eigenvalue weighted by Crippen LogP contribution is 2.16. The molecular formula is C17H33N5O2. The van der Waals surface area contributed by atoms with Crippen LogP contribution in [0.15, 0.2) is 4.99 Å². The Morgan fingerprint density at radius 2 is 1.79 bits per heavy atom. The van der Waals surface area contributed by atoms with Crippen LogP contribution in [0.25, 0.3) is 0 Å². The summed E-state index contributed by atoms with van der Waals surface area (Å²) in [7, 11) is 0. The first-order chi connectivity index (χ1) is 11.3. The Labute approximate surface area is 145 Å². The van der Waals surface area contributed by atoms with Gasteiger partial charge in [-0.25, -0.2) is 4.79 Å². The molecule has 2 aliphatic rings. The molecule has 2 rings (SSSR count). The molecule has 138 valence electrons. The standard InChI is InChI=1S/C17H33N5O2/c1-5-20-7-6-14(13-20)12-19-15(18)21-8-10-22(11-9-21)16(23)24-17(2,3)4/h14H,5-13H2,1-4H3,(H2,18,19)/t14-/m0/s1. The van der Waals surface area contributed by atoms with Crippen LogP contribution >= 0.6 is 0 Å². The SMILES string of the molecule is CCN1CC[C@@H](CN=C(N)N2CCN(C(=O)OC(C)(C)C)CC2)C1. The molecule has 1 atom stereocenters. The number of nitrogens with two attached hydrogens (primary N) is 1. The van der Waals surface area contributed by atoms with Crippen LogP contribution in [0, 0.1) is 5.92 Å². The Morgan fingerprint density at radius 3 is 2.33 bits per heavy atom. The predicted molar refractivity (Wildman–Crippen MR) is 96.1 cm³/mol. The van der Waals surface area contributed by atoms with Gasteiger partial charge in [0.1, 0.15) is 5.60 Å². The summed E-state index contributed by atoms with van der Waals surface area (Å²) < 4.78 is 5.41. The summed E-state index contributed by atoms with van der Waals surface area (Å²) in [4.78, 5) is 22.9. The van der Waals surface area contributed by atoms with Gasteiger partial charge in [-0.15, -0.1) is 0 Å². The molecule has 0 saturated carbocycles. The van der Waals surface area contributed by atoms with Crippen molar-refractivity contribution in [2.45, 2.75) is 39.7 Å². The fourth-order valence-corrected chi connectivity index (χ4v) is 3.12. The van der Waals surface area contributed by atoms with E-state index in [1.165, 1.54) is 13.0 Å². The zero-order valence-electron chi connectivity index (χ0n) is 15.6. The van der Waals surface area contributed by atoms with Crippen molar-refractivity contribution in [3.8, 4) is 0 Å². The number of nitrogens with zero attached hydrogens (tertiary/aromatic N) is 4. The van der Waals surface area contributed by atoms with Gasteiger partial charge in [-0.2, -0.15) is 0 Å². The van der Waals surface area contributed by atoms with E-state index in [4.69, 9.17) is 10.5 Å². The van der Waals surface area contributed by atoms with Crippen molar-refractivity contribution < 1.29 is 9.53 Å². The van der Waals surface area contributed by atoms with Gasteiger partial charge in [-0.05, 0) is 46.2 Å². The fourth-order valence-electron chi connectivity index (χ4n) is 3.12. The van der Waals surface area contributed by atoms with E-state index in [0.29, 0.717) is 38.1 Å². The number of amides is 1. The number of rotatable bonds is 3. The topological polar surface area (TPSA) is 74.4 Å². The molecule has 2 saturated heterocycles. The number of aliphatic imine (C=N–C) groups is 1. The van der Waals surface area contributed by atoms with Crippen LogP contribution in [0.3, 0.4) is 0 Å². The smallest absolute Gasteiger partial charge is 0.410 e. The fraction of sp³-hybridized carbons (Fsp3) is 0.882. The van der Waals surface area contributed by atoms with Crippen molar-refractivity contribution in [2.75, 3.05) is 52.4 Å². The van der Waals surface area contributed by atoms with Gasteiger partial charge in [-0.3, -0.25) is 4.99 Å². The molecule has 0 aromatic rings. The Morgan fingerprint density at radius 1 is 1.17 bits per heavy atom. The number of hydrogen-bond acceptors (Lipinski definition) is 4. The molecule has 0 unspecified atom stereocenters. The summed E-state index contributed by atoms with van der Waals surface area (Å²) in [5.41, 5.74) is 5.69. The van der Waals surface area contributed by atoms with Crippen LogP contribution in [-0.2, 0) is 4.74 Å². The third-order valence-electron chi connectivity index (χ3n) is 4.58. The molecular weight excluding hydrogens is 306 g/mol. The lowest BCUT2D eigenvalue weighted by Crippen LogP contribution is -2.53. The van der Waals surface area contributed by atoms with Crippen LogP contribution in [0.2, 0.25) is 0 Å². The van der Waals surface area contributed by atoms with Gasteiger partial charge in [0, 0.05) is 39.3 Å². The highest BCUT2D eigenvalue weighted by atomic mass is 16.6. The average Bonchev–Trinajstić information content (AvgIpc) is 2.99. The number of carbonyl (C=O) groups is 1. The molecule has 2 fully saturated rings. The van der Waals surface area contributed by atoms with E-state index in [9.17, 15) is 4.79 Å². The third kappa shape index (κ3) is 5.54. The Balaban J connectivity index is 1.75. The minimum atomic E-state index is -0.456. The van der Waals surface area contributed by atoms with E-state index in [1.807, 2.05) is 20.8 Å². The Kier molecular flexibility index (Phi) is 6.32. The van der Waals surface area contributed by atoms with Crippen molar-refractivity contribution in [1.82, 2.24) is 14.7 Å². The van der Waals surface area contributed by atoms with Crippen LogP contribution < -0.4 is 5.73 Å². The van der Waals surface area contributed by atoms with Crippen molar-refractivity contribution in [2.24, 2.45) is 16.6 Å². The zero-order valence-corrected chi connectivity index (χ0v) is 15.6. The number of likely N-dealkylation sites (tertiary alicyclic amines) is 1. The van der Waals surface area contributed by atoms with Gasteiger partial charge < -0.3 is 25.2 Å². The molecule has 0 radical (unpaired) electrons. The number of piperazine rings is 1. The largest absolute Gasteiger partial charge is 0.444 e. The van der Waals surface area contributed by atoms with Crippen LogP contribution in [-0.4, -0.2) is 84.7 Å². The molecule has 2 heterocycles. The van der Waals surface area contributed by atoms with Gasteiger partial charge in [0.15, 0.2) is 5.96 Å². The molecule has 0 bridgehead atoms. The summed E-state index contributed by atoms with van der Waals surface area (Å²) in [5.74, 6) is 1.22. The minimum Gasteiger partial charge on any atom is -0.444 e. The third-order valence-corrected chi connectivity index (χ3v) is 4.58. The molecule has 0 aromatic carbocycles. The van der Waals surface area contributed by atoms with Gasteiger partial charge in [0.25, 0.3) is 0 Å². The second-order valence-electron chi connectivity index (χ2n) is 7.70. The molecule has 24 heavy (non-hydrogen) atoms. The number of guanidine groups is 1. The van der Waals surface area contributed by atoms with Crippen LogP contribution in [0.5, 0.6) is 0 Å². The molecule has 2 N–H and O–H groups in total. The lowest BCUT2D eigenvalue weighted by Gasteiger charge is -2.36. The van der Waals surface area contributed by atoms with Crippen LogP contribution in [0.4, 0.5) is 4.79 Å². The predicted octanol–water partition coefficient (Wildman–Crippen LogP) is 1.20. The second kappa shape index (κ2) is 8.05. The molecule has 0 spiro atoms.